The van der Waals surface area contributed by atoms with E-state index in [1.54, 1.807) is 114 Å². The van der Waals surface area contributed by atoms with Gasteiger partial charge in [0.05, 0.1) is 19.6 Å². The quantitative estimate of drug-likeness (QED) is 0.102. The molecule has 0 radical (unpaired) electrons. The van der Waals surface area contributed by atoms with E-state index in [1.165, 1.54) is 0 Å². The molecule has 0 fully saturated rings. The lowest BCUT2D eigenvalue weighted by Gasteiger charge is -2.36. The summed E-state index contributed by atoms with van der Waals surface area (Å²) in [7, 11) is 0. The van der Waals surface area contributed by atoms with E-state index < -0.39 is 69.9 Å². The summed E-state index contributed by atoms with van der Waals surface area (Å²) in [6.45, 7) is 26.7. The van der Waals surface area contributed by atoms with Crippen LogP contribution in [-0.4, -0.2) is 130 Å². The molecular formula is C48H75N3O10. The van der Waals surface area contributed by atoms with Crippen molar-refractivity contribution in [3.63, 3.8) is 0 Å². The molecule has 13 nitrogen and oxygen atoms in total. The van der Waals surface area contributed by atoms with Crippen LogP contribution in [0.25, 0.3) is 0 Å². The molecule has 2 rings (SSSR count). The number of hydrogen-bond donors (Lipinski definition) is 0. The Morgan fingerprint density at radius 2 is 0.689 bits per heavy atom. The molecule has 2 aromatic rings. The first-order valence-corrected chi connectivity index (χ1v) is 21.3. The first-order chi connectivity index (χ1) is 27.9. The van der Waals surface area contributed by atoms with Gasteiger partial charge in [-0.05, 0) is 128 Å². The molecule has 0 aliphatic heterocycles. The minimum atomic E-state index is -0.899. The highest BCUT2D eigenvalue weighted by atomic mass is 16.6. The van der Waals surface area contributed by atoms with Crippen LogP contribution in [0.3, 0.4) is 0 Å². The normalized spacial score (nSPS) is 13.7. The standard InChI is InChI=1S/C48H75N3O10/c1-44(2,3)57-39(52)32-49(26-28-50(33-40(53)58-45(4,5)6)37(42(55)60-47(10,11)12)30-35-22-18-16-19-23-35)27-29-51(34-41(54)59-46(7,8)9)38(43(56)61-48(13,14)15)31-36-24-20-17-21-25-36/h16-25,37-38H,26-34H2,1-15H3/t37-,38-/m0/s1. The second kappa shape index (κ2) is 22.7. The van der Waals surface area contributed by atoms with Gasteiger partial charge in [0.15, 0.2) is 0 Å². The Balaban J connectivity index is 2.66. The van der Waals surface area contributed by atoms with Crippen LogP contribution in [-0.2, 0) is 60.5 Å². The van der Waals surface area contributed by atoms with Gasteiger partial charge < -0.3 is 23.7 Å². The maximum Gasteiger partial charge on any atom is 0.324 e. The molecule has 342 valence electrons. The minimum absolute atomic E-state index is 0.129. The highest BCUT2D eigenvalue weighted by molar-refractivity contribution is 5.79. The number of benzene rings is 2. The van der Waals surface area contributed by atoms with E-state index in [0.717, 1.165) is 11.1 Å². The molecule has 0 N–H and O–H groups in total. The summed E-state index contributed by atoms with van der Waals surface area (Å²) in [5, 5.41) is 0. The van der Waals surface area contributed by atoms with Crippen molar-refractivity contribution in [2.24, 2.45) is 0 Å². The average molecular weight is 854 g/mol. The fraction of sp³-hybridized carbons (Fsp3) is 0.646. The van der Waals surface area contributed by atoms with Crippen molar-refractivity contribution < 1.29 is 47.7 Å². The van der Waals surface area contributed by atoms with Crippen LogP contribution in [0.2, 0.25) is 0 Å². The number of ether oxygens (including phenoxy) is 5. The lowest BCUT2D eigenvalue weighted by Crippen LogP contribution is -2.53. The largest absolute Gasteiger partial charge is 0.459 e. The van der Waals surface area contributed by atoms with Gasteiger partial charge >= 0.3 is 29.8 Å². The van der Waals surface area contributed by atoms with Crippen molar-refractivity contribution in [1.82, 2.24) is 14.7 Å². The highest BCUT2D eigenvalue weighted by Gasteiger charge is 2.36. The smallest absolute Gasteiger partial charge is 0.324 e. The van der Waals surface area contributed by atoms with Crippen molar-refractivity contribution in [2.75, 3.05) is 45.8 Å². The van der Waals surface area contributed by atoms with Crippen LogP contribution in [0.15, 0.2) is 60.7 Å². The third kappa shape index (κ3) is 23.5. The zero-order valence-corrected chi connectivity index (χ0v) is 39.7. The second-order valence-corrected chi connectivity index (χ2v) is 20.5. The van der Waals surface area contributed by atoms with Crippen LogP contribution in [0.4, 0.5) is 0 Å². The van der Waals surface area contributed by atoms with E-state index in [2.05, 4.69) is 0 Å². The lowest BCUT2D eigenvalue weighted by molar-refractivity contribution is -0.166. The van der Waals surface area contributed by atoms with Crippen molar-refractivity contribution >= 4 is 29.8 Å². The zero-order chi connectivity index (χ0) is 46.4. The summed E-state index contributed by atoms with van der Waals surface area (Å²) in [5.74, 6) is -2.58. The van der Waals surface area contributed by atoms with Crippen LogP contribution in [0.5, 0.6) is 0 Å². The summed E-state index contributed by atoms with van der Waals surface area (Å²) < 4.78 is 29.1. The second-order valence-electron chi connectivity index (χ2n) is 20.5. The van der Waals surface area contributed by atoms with E-state index >= 15 is 0 Å². The topological polar surface area (TPSA) is 141 Å². The Morgan fingerprint density at radius 3 is 0.967 bits per heavy atom. The molecule has 0 bridgehead atoms. The van der Waals surface area contributed by atoms with Gasteiger partial charge in [0.1, 0.15) is 40.1 Å². The summed E-state index contributed by atoms with van der Waals surface area (Å²) in [6, 6.07) is 17.1. The summed E-state index contributed by atoms with van der Waals surface area (Å²) >= 11 is 0. The SMILES string of the molecule is CC(C)(C)OC(=O)CN(CCN(CC(=O)OC(C)(C)C)[C@@H](Cc1ccccc1)C(=O)OC(C)(C)C)CCN(CC(=O)OC(C)(C)C)[C@@H](Cc1ccccc1)C(=O)OC(C)(C)C. The molecule has 61 heavy (non-hydrogen) atoms. The molecule has 0 aliphatic rings. The first-order valence-electron chi connectivity index (χ1n) is 21.3. The molecule has 0 heterocycles. The fourth-order valence-corrected chi connectivity index (χ4v) is 6.27. The maximum absolute atomic E-state index is 14.1. The van der Waals surface area contributed by atoms with E-state index in [9.17, 15) is 24.0 Å². The number of rotatable bonds is 20. The number of esters is 5. The van der Waals surface area contributed by atoms with Gasteiger partial charge in [-0.3, -0.25) is 38.7 Å². The fourth-order valence-electron chi connectivity index (χ4n) is 6.27. The van der Waals surface area contributed by atoms with Gasteiger partial charge in [-0.1, -0.05) is 60.7 Å². The lowest BCUT2D eigenvalue weighted by atomic mass is 10.0. The van der Waals surface area contributed by atoms with Crippen molar-refractivity contribution in [1.29, 1.82) is 0 Å². The minimum Gasteiger partial charge on any atom is -0.459 e. The van der Waals surface area contributed by atoms with Crippen molar-refractivity contribution in [3.8, 4) is 0 Å². The third-order valence-corrected chi connectivity index (χ3v) is 8.47. The van der Waals surface area contributed by atoms with E-state index in [0.29, 0.717) is 0 Å². The molecule has 2 aromatic carbocycles. The number of carbonyl (C=O) groups excluding carboxylic acids is 5. The molecule has 0 amide bonds. The van der Waals surface area contributed by atoms with Crippen molar-refractivity contribution in [3.05, 3.63) is 71.8 Å². The Morgan fingerprint density at radius 1 is 0.410 bits per heavy atom. The summed E-state index contributed by atoms with van der Waals surface area (Å²) in [5.41, 5.74) is -2.24. The molecule has 0 aromatic heterocycles. The third-order valence-electron chi connectivity index (χ3n) is 8.47. The van der Waals surface area contributed by atoms with E-state index in [1.807, 2.05) is 65.6 Å². The van der Waals surface area contributed by atoms with E-state index in [4.69, 9.17) is 23.7 Å². The molecule has 0 saturated carbocycles. The van der Waals surface area contributed by atoms with E-state index in [-0.39, 0.29) is 58.7 Å². The number of carbonyl (C=O) groups is 5. The highest BCUT2D eigenvalue weighted by Crippen LogP contribution is 2.20. The molecule has 0 saturated heterocycles. The van der Waals surface area contributed by atoms with Crippen LogP contribution in [0, 0.1) is 0 Å². The average Bonchev–Trinajstić information content (AvgIpc) is 3.06. The molecular weight excluding hydrogens is 779 g/mol. The Labute approximate surface area is 365 Å². The Hall–Kier alpha value is -4.33. The monoisotopic (exact) mass is 854 g/mol. The predicted octanol–water partition coefficient (Wildman–Crippen LogP) is 6.82. The zero-order valence-electron chi connectivity index (χ0n) is 39.7. The van der Waals surface area contributed by atoms with Crippen LogP contribution in [0.1, 0.15) is 115 Å². The Kier molecular flexibility index (Phi) is 19.6. The van der Waals surface area contributed by atoms with Gasteiger partial charge in [0.25, 0.3) is 0 Å². The number of nitrogens with zero attached hydrogens (tertiary/aromatic N) is 3. The molecule has 2 atom stereocenters. The van der Waals surface area contributed by atoms with Crippen LogP contribution >= 0.6 is 0 Å². The van der Waals surface area contributed by atoms with Crippen LogP contribution < -0.4 is 0 Å². The van der Waals surface area contributed by atoms with Gasteiger partial charge in [-0.25, -0.2) is 0 Å². The molecule has 0 unspecified atom stereocenters. The Bertz CT molecular complexity index is 1590. The predicted molar refractivity (Wildman–Crippen MR) is 237 cm³/mol. The molecule has 0 spiro atoms. The number of hydrogen-bond acceptors (Lipinski definition) is 13. The van der Waals surface area contributed by atoms with Crippen molar-refractivity contribution in [2.45, 2.75) is 157 Å². The summed E-state index contributed by atoms with van der Waals surface area (Å²) in [6.07, 6.45) is 0.483. The van der Waals surface area contributed by atoms with Gasteiger partial charge in [0.2, 0.25) is 0 Å². The molecule has 13 heteroatoms. The van der Waals surface area contributed by atoms with Gasteiger partial charge in [-0.2, -0.15) is 0 Å². The molecule has 0 aliphatic carbocycles. The van der Waals surface area contributed by atoms with Gasteiger partial charge in [0, 0.05) is 26.2 Å². The first kappa shape index (κ1) is 52.8. The maximum atomic E-state index is 14.1. The van der Waals surface area contributed by atoms with Gasteiger partial charge in [-0.15, -0.1) is 0 Å². The summed E-state index contributed by atoms with van der Waals surface area (Å²) in [4.78, 5) is 74.0.